The normalized spacial score (nSPS) is 25.7. The summed E-state index contributed by atoms with van der Waals surface area (Å²) in [4.78, 5) is 15.3. The number of benzene rings is 1. The fraction of sp³-hybridized carbons (Fsp3) is 0.647. The minimum Gasteiger partial charge on any atom is -0.492 e. The second-order valence-electron chi connectivity index (χ2n) is 6.56. The highest BCUT2D eigenvalue weighted by Crippen LogP contribution is 2.23. The molecule has 2 aliphatic heterocycles. The van der Waals surface area contributed by atoms with Crippen LogP contribution in [0.25, 0.3) is 0 Å². The SMILES string of the molecule is C[C@@H]1CN(CCOc2cccc([N+](=O)[O-])c2)C[C@@H]1N1CCOCC1. The fourth-order valence-electron chi connectivity index (χ4n) is 3.59. The summed E-state index contributed by atoms with van der Waals surface area (Å²) in [7, 11) is 0. The zero-order valence-corrected chi connectivity index (χ0v) is 14.1. The zero-order chi connectivity index (χ0) is 16.9. The molecule has 2 fully saturated rings. The van der Waals surface area contributed by atoms with E-state index in [2.05, 4.69) is 16.7 Å². The summed E-state index contributed by atoms with van der Waals surface area (Å²) in [6, 6.07) is 6.95. The molecule has 2 aliphatic rings. The molecule has 0 unspecified atom stereocenters. The highest BCUT2D eigenvalue weighted by atomic mass is 16.6. The first-order valence-electron chi connectivity index (χ1n) is 8.55. The quantitative estimate of drug-likeness (QED) is 0.581. The molecule has 1 aromatic rings. The molecule has 24 heavy (non-hydrogen) atoms. The molecular weight excluding hydrogens is 310 g/mol. The third kappa shape index (κ3) is 4.23. The number of morpholine rings is 1. The lowest BCUT2D eigenvalue weighted by atomic mass is 10.0. The Balaban J connectivity index is 1.45. The molecule has 2 heterocycles. The van der Waals surface area contributed by atoms with Crippen molar-refractivity contribution in [1.82, 2.24) is 9.80 Å². The van der Waals surface area contributed by atoms with Crippen LogP contribution in [0.3, 0.4) is 0 Å². The van der Waals surface area contributed by atoms with Gasteiger partial charge >= 0.3 is 0 Å². The Kier molecular flexibility index (Phi) is 5.65. The van der Waals surface area contributed by atoms with E-state index in [-0.39, 0.29) is 5.69 Å². The Hall–Kier alpha value is -1.70. The van der Waals surface area contributed by atoms with Crippen molar-refractivity contribution in [2.75, 3.05) is 52.5 Å². The van der Waals surface area contributed by atoms with E-state index in [1.165, 1.54) is 12.1 Å². The Morgan fingerprint density at radius 1 is 1.33 bits per heavy atom. The largest absolute Gasteiger partial charge is 0.492 e. The number of ether oxygens (including phenoxy) is 2. The van der Waals surface area contributed by atoms with Crippen LogP contribution in [0.2, 0.25) is 0 Å². The van der Waals surface area contributed by atoms with Crippen molar-refractivity contribution in [3.8, 4) is 5.75 Å². The molecule has 132 valence electrons. The second-order valence-corrected chi connectivity index (χ2v) is 6.56. The lowest BCUT2D eigenvalue weighted by Crippen LogP contribution is -2.46. The maximum Gasteiger partial charge on any atom is 0.273 e. The third-order valence-corrected chi connectivity index (χ3v) is 4.87. The molecule has 2 atom stereocenters. The van der Waals surface area contributed by atoms with Crippen LogP contribution < -0.4 is 4.74 Å². The van der Waals surface area contributed by atoms with Crippen molar-refractivity contribution in [3.05, 3.63) is 34.4 Å². The van der Waals surface area contributed by atoms with Crippen molar-refractivity contribution in [3.63, 3.8) is 0 Å². The van der Waals surface area contributed by atoms with Gasteiger partial charge in [-0.2, -0.15) is 0 Å². The van der Waals surface area contributed by atoms with Gasteiger partial charge in [-0.3, -0.25) is 19.9 Å². The van der Waals surface area contributed by atoms with Crippen molar-refractivity contribution >= 4 is 5.69 Å². The predicted molar refractivity (Wildman–Crippen MR) is 90.4 cm³/mol. The fourth-order valence-corrected chi connectivity index (χ4v) is 3.59. The molecule has 0 saturated carbocycles. The number of nitro benzene ring substituents is 1. The van der Waals surface area contributed by atoms with E-state index in [1.807, 2.05) is 0 Å². The van der Waals surface area contributed by atoms with Crippen LogP contribution >= 0.6 is 0 Å². The van der Waals surface area contributed by atoms with Gasteiger partial charge in [0.25, 0.3) is 5.69 Å². The standard InChI is InChI=1S/C17H25N3O4/c1-14-12-18(13-17(14)19-6-8-23-9-7-19)5-10-24-16-4-2-3-15(11-16)20(21)22/h2-4,11,14,17H,5-10,12-13H2,1H3/t14-,17+/m1/s1. The number of nitrogens with zero attached hydrogens (tertiary/aromatic N) is 3. The molecule has 0 bridgehead atoms. The predicted octanol–water partition coefficient (Wildman–Crippen LogP) is 1.63. The molecule has 1 aromatic carbocycles. The average Bonchev–Trinajstić information content (AvgIpc) is 2.96. The Morgan fingerprint density at radius 3 is 2.88 bits per heavy atom. The van der Waals surface area contributed by atoms with Gasteiger partial charge < -0.3 is 9.47 Å². The molecule has 0 N–H and O–H groups in total. The molecule has 0 aromatic heterocycles. The number of rotatable bonds is 6. The lowest BCUT2D eigenvalue weighted by Gasteiger charge is -2.34. The second kappa shape index (κ2) is 7.92. The Bertz CT molecular complexity index is 563. The van der Waals surface area contributed by atoms with Crippen LogP contribution in [0.4, 0.5) is 5.69 Å². The molecule has 2 saturated heterocycles. The van der Waals surface area contributed by atoms with E-state index in [1.54, 1.807) is 12.1 Å². The van der Waals surface area contributed by atoms with Crippen LogP contribution in [-0.4, -0.2) is 73.3 Å². The highest BCUT2D eigenvalue weighted by Gasteiger charge is 2.34. The highest BCUT2D eigenvalue weighted by molar-refractivity contribution is 5.37. The maximum absolute atomic E-state index is 10.8. The van der Waals surface area contributed by atoms with Crippen LogP contribution in [-0.2, 0) is 4.74 Å². The first-order chi connectivity index (χ1) is 11.6. The summed E-state index contributed by atoms with van der Waals surface area (Å²) in [5.41, 5.74) is 0.0645. The van der Waals surface area contributed by atoms with Crippen molar-refractivity contribution in [2.45, 2.75) is 13.0 Å². The molecule has 0 radical (unpaired) electrons. The van der Waals surface area contributed by atoms with Gasteiger partial charge in [-0.15, -0.1) is 0 Å². The summed E-state index contributed by atoms with van der Waals surface area (Å²) in [5.74, 6) is 1.20. The first kappa shape index (κ1) is 17.1. The van der Waals surface area contributed by atoms with E-state index in [9.17, 15) is 10.1 Å². The Morgan fingerprint density at radius 2 is 2.12 bits per heavy atom. The van der Waals surface area contributed by atoms with Crippen LogP contribution in [0.1, 0.15) is 6.92 Å². The smallest absolute Gasteiger partial charge is 0.273 e. The van der Waals surface area contributed by atoms with Gasteiger partial charge in [-0.25, -0.2) is 0 Å². The molecule has 7 heteroatoms. The van der Waals surface area contributed by atoms with E-state index in [0.29, 0.717) is 24.3 Å². The van der Waals surface area contributed by atoms with Gasteiger partial charge in [0.15, 0.2) is 0 Å². The minimum atomic E-state index is -0.401. The minimum absolute atomic E-state index is 0.0645. The molecule has 3 rings (SSSR count). The van der Waals surface area contributed by atoms with Crippen LogP contribution in [0.15, 0.2) is 24.3 Å². The number of hydrogen-bond acceptors (Lipinski definition) is 6. The average molecular weight is 335 g/mol. The third-order valence-electron chi connectivity index (χ3n) is 4.87. The monoisotopic (exact) mass is 335 g/mol. The van der Waals surface area contributed by atoms with Crippen molar-refractivity contribution in [1.29, 1.82) is 0 Å². The van der Waals surface area contributed by atoms with E-state index in [0.717, 1.165) is 45.9 Å². The number of hydrogen-bond donors (Lipinski definition) is 0. The van der Waals surface area contributed by atoms with Gasteiger partial charge in [0.1, 0.15) is 12.4 Å². The topological polar surface area (TPSA) is 68.1 Å². The summed E-state index contributed by atoms with van der Waals surface area (Å²) >= 11 is 0. The Labute approximate surface area is 142 Å². The molecule has 0 amide bonds. The summed E-state index contributed by atoms with van der Waals surface area (Å²) in [6.45, 7) is 9.53. The van der Waals surface area contributed by atoms with Crippen molar-refractivity contribution in [2.24, 2.45) is 5.92 Å². The summed E-state index contributed by atoms with van der Waals surface area (Å²) in [6.07, 6.45) is 0. The number of nitro groups is 1. The van der Waals surface area contributed by atoms with Crippen molar-refractivity contribution < 1.29 is 14.4 Å². The molecule has 7 nitrogen and oxygen atoms in total. The zero-order valence-electron chi connectivity index (χ0n) is 14.1. The van der Waals surface area contributed by atoms with Crippen LogP contribution in [0, 0.1) is 16.0 Å². The molecule has 0 spiro atoms. The lowest BCUT2D eigenvalue weighted by molar-refractivity contribution is -0.384. The summed E-state index contributed by atoms with van der Waals surface area (Å²) in [5, 5.41) is 10.8. The van der Waals surface area contributed by atoms with Gasteiger partial charge in [0.2, 0.25) is 0 Å². The first-order valence-corrected chi connectivity index (χ1v) is 8.55. The van der Waals surface area contributed by atoms with Crippen LogP contribution in [0.5, 0.6) is 5.75 Å². The maximum atomic E-state index is 10.8. The van der Waals surface area contributed by atoms with E-state index < -0.39 is 4.92 Å². The summed E-state index contributed by atoms with van der Waals surface area (Å²) < 4.78 is 11.1. The van der Waals surface area contributed by atoms with E-state index >= 15 is 0 Å². The number of likely N-dealkylation sites (tertiary alicyclic amines) is 1. The van der Waals surface area contributed by atoms with Gasteiger partial charge in [0.05, 0.1) is 24.2 Å². The molecule has 0 aliphatic carbocycles. The van der Waals surface area contributed by atoms with Gasteiger partial charge in [-0.1, -0.05) is 13.0 Å². The van der Waals surface area contributed by atoms with Gasteiger partial charge in [0, 0.05) is 44.8 Å². The van der Waals surface area contributed by atoms with E-state index in [4.69, 9.17) is 9.47 Å². The molecular formula is C17H25N3O4. The number of non-ortho nitro benzene ring substituents is 1. The van der Waals surface area contributed by atoms with Gasteiger partial charge in [-0.05, 0) is 12.0 Å².